The molecule has 0 radical (unpaired) electrons. The fourth-order valence-corrected chi connectivity index (χ4v) is 2.33. The van der Waals surface area contributed by atoms with E-state index in [1.165, 1.54) is 31.2 Å². The highest BCUT2D eigenvalue weighted by molar-refractivity contribution is 5.91. The number of carbonyl (C=O) groups is 1. The van der Waals surface area contributed by atoms with Gasteiger partial charge in [0.15, 0.2) is 0 Å². The van der Waals surface area contributed by atoms with Crippen LogP contribution in [0.15, 0.2) is 41.4 Å². The lowest BCUT2D eigenvalue weighted by molar-refractivity contribution is -0.141. The Morgan fingerprint density at radius 3 is 2.48 bits per heavy atom. The standard InChI is InChI=1S/C21H23F4N3O.C2H6/c1-4-7-17-16(9-11-18(28-17)21(23,24)25)10-12-19(29)27-13-6-8-15(5-2)20(26)14(3)22;1-2/h2,8-12H,4,6-7,13,26H2,1,3H3,(H,27,29);1-2H3/b12-10+,15-8-,20-14-;. The average Bonchev–Trinajstić information content (AvgIpc) is 2.73. The van der Waals surface area contributed by atoms with Crippen LogP contribution in [-0.4, -0.2) is 17.4 Å². The molecule has 0 aromatic carbocycles. The maximum atomic E-state index is 13.1. The van der Waals surface area contributed by atoms with Gasteiger partial charge in [0, 0.05) is 23.9 Å². The third-order valence-corrected chi connectivity index (χ3v) is 3.81. The maximum absolute atomic E-state index is 13.1. The molecule has 3 N–H and O–H groups in total. The van der Waals surface area contributed by atoms with Crippen LogP contribution in [0.3, 0.4) is 0 Å². The van der Waals surface area contributed by atoms with Crippen LogP contribution in [0, 0.1) is 12.3 Å². The van der Waals surface area contributed by atoms with Crippen molar-refractivity contribution in [1.82, 2.24) is 10.3 Å². The number of carbonyl (C=O) groups excluding carboxylic acids is 1. The summed E-state index contributed by atoms with van der Waals surface area (Å²) in [7, 11) is 0. The van der Waals surface area contributed by atoms with Crippen LogP contribution in [0.1, 0.15) is 57.5 Å². The number of aryl methyl sites for hydroxylation is 1. The largest absolute Gasteiger partial charge is 0.433 e. The molecular weight excluding hydrogens is 410 g/mol. The Kier molecular flexibility index (Phi) is 12.6. The summed E-state index contributed by atoms with van der Waals surface area (Å²) in [4.78, 5) is 15.6. The van der Waals surface area contributed by atoms with Crippen molar-refractivity contribution in [1.29, 1.82) is 0 Å². The number of hydrogen-bond donors (Lipinski definition) is 2. The molecule has 0 atom stereocenters. The third kappa shape index (κ3) is 9.98. The van der Waals surface area contributed by atoms with Gasteiger partial charge in [-0.2, -0.15) is 13.2 Å². The molecule has 8 heteroatoms. The highest BCUT2D eigenvalue weighted by atomic mass is 19.4. The quantitative estimate of drug-likeness (QED) is 0.189. The summed E-state index contributed by atoms with van der Waals surface area (Å²) < 4.78 is 51.5. The molecule has 0 bridgehead atoms. The van der Waals surface area contributed by atoms with E-state index in [0.717, 1.165) is 6.07 Å². The van der Waals surface area contributed by atoms with E-state index in [9.17, 15) is 22.4 Å². The molecule has 0 aliphatic rings. The second-order valence-corrected chi connectivity index (χ2v) is 6.10. The number of nitrogens with zero attached hydrogens (tertiary/aromatic N) is 1. The molecule has 1 aromatic rings. The molecule has 0 aliphatic heterocycles. The van der Waals surface area contributed by atoms with Gasteiger partial charge < -0.3 is 11.1 Å². The van der Waals surface area contributed by atoms with Gasteiger partial charge >= 0.3 is 6.18 Å². The van der Waals surface area contributed by atoms with Crippen molar-refractivity contribution in [3.63, 3.8) is 0 Å². The van der Waals surface area contributed by atoms with E-state index >= 15 is 0 Å². The first-order chi connectivity index (χ1) is 14.6. The highest BCUT2D eigenvalue weighted by Gasteiger charge is 2.32. The molecule has 0 fully saturated rings. The first-order valence-corrected chi connectivity index (χ1v) is 9.92. The second kappa shape index (κ2) is 14.0. The summed E-state index contributed by atoms with van der Waals surface area (Å²) in [6.45, 7) is 7.24. The van der Waals surface area contributed by atoms with E-state index in [0.29, 0.717) is 24.8 Å². The SMILES string of the molecule is C#CC(=C/CCNC(=O)/C=C/c1ccc(C(F)(F)F)nc1CCC)/C(N)=C(\C)F.CC. The van der Waals surface area contributed by atoms with Crippen molar-refractivity contribution in [3.05, 3.63) is 58.3 Å². The van der Waals surface area contributed by atoms with Gasteiger partial charge in [-0.3, -0.25) is 4.79 Å². The number of hydrogen-bond acceptors (Lipinski definition) is 3. The molecule has 4 nitrogen and oxygen atoms in total. The number of nitrogens with one attached hydrogen (secondary N) is 1. The third-order valence-electron chi connectivity index (χ3n) is 3.81. The molecule has 1 amide bonds. The number of nitrogens with two attached hydrogens (primary N) is 1. The second-order valence-electron chi connectivity index (χ2n) is 6.10. The summed E-state index contributed by atoms with van der Waals surface area (Å²) in [5.74, 6) is 1.25. The smallest absolute Gasteiger partial charge is 0.396 e. The normalized spacial score (nSPS) is 12.5. The Morgan fingerprint density at radius 1 is 1.32 bits per heavy atom. The summed E-state index contributed by atoms with van der Waals surface area (Å²) in [6, 6.07) is 2.18. The molecule has 0 spiro atoms. The van der Waals surface area contributed by atoms with Crippen molar-refractivity contribution >= 4 is 12.0 Å². The predicted molar refractivity (Wildman–Crippen MR) is 116 cm³/mol. The zero-order valence-electron chi connectivity index (χ0n) is 18.2. The molecule has 1 heterocycles. The van der Waals surface area contributed by atoms with Gasteiger partial charge in [0.05, 0.1) is 5.70 Å². The van der Waals surface area contributed by atoms with Crippen molar-refractivity contribution < 1.29 is 22.4 Å². The maximum Gasteiger partial charge on any atom is 0.433 e. The number of pyridine rings is 1. The summed E-state index contributed by atoms with van der Waals surface area (Å²) in [5.41, 5.74) is 5.35. The van der Waals surface area contributed by atoms with E-state index in [4.69, 9.17) is 12.2 Å². The zero-order chi connectivity index (χ0) is 24.0. The van der Waals surface area contributed by atoms with Crippen LogP contribution < -0.4 is 11.1 Å². The number of aromatic nitrogens is 1. The minimum absolute atomic E-state index is 0.128. The van der Waals surface area contributed by atoms with Crippen molar-refractivity contribution in [2.75, 3.05) is 6.54 Å². The Balaban J connectivity index is 0.00000436. The molecule has 0 aliphatic carbocycles. The number of terminal acetylenes is 1. The van der Waals surface area contributed by atoms with Gasteiger partial charge in [-0.05, 0) is 37.5 Å². The van der Waals surface area contributed by atoms with Crippen molar-refractivity contribution in [2.24, 2.45) is 5.73 Å². The Bertz CT molecular complexity index is 859. The molecule has 0 saturated carbocycles. The van der Waals surface area contributed by atoms with E-state index < -0.39 is 23.6 Å². The minimum Gasteiger partial charge on any atom is -0.396 e. The van der Waals surface area contributed by atoms with Crippen LogP contribution in [-0.2, 0) is 17.4 Å². The molecular formula is C23H29F4N3O. The number of halogens is 4. The van der Waals surface area contributed by atoms with Crippen molar-refractivity contribution in [3.8, 4) is 12.3 Å². The predicted octanol–water partition coefficient (Wildman–Crippen LogP) is 5.32. The van der Waals surface area contributed by atoms with E-state index in [1.807, 2.05) is 20.8 Å². The van der Waals surface area contributed by atoms with Gasteiger partial charge in [0.1, 0.15) is 11.5 Å². The molecule has 1 rings (SSSR count). The van der Waals surface area contributed by atoms with Crippen LogP contribution in [0.4, 0.5) is 17.6 Å². The van der Waals surface area contributed by atoms with Gasteiger partial charge in [-0.1, -0.05) is 45.3 Å². The first kappa shape index (κ1) is 27.9. The zero-order valence-corrected chi connectivity index (χ0v) is 18.2. The topological polar surface area (TPSA) is 68.0 Å². The Hall–Kier alpha value is -3.08. The van der Waals surface area contributed by atoms with Crippen molar-refractivity contribution in [2.45, 2.75) is 53.1 Å². The van der Waals surface area contributed by atoms with Gasteiger partial charge in [-0.15, -0.1) is 6.42 Å². The lowest BCUT2D eigenvalue weighted by Crippen LogP contribution is -2.21. The summed E-state index contributed by atoms with van der Waals surface area (Å²) in [6.07, 6.45) is 6.21. The monoisotopic (exact) mass is 439 g/mol. The van der Waals surface area contributed by atoms with Gasteiger partial charge in [0.2, 0.25) is 5.91 Å². The Morgan fingerprint density at radius 2 is 1.97 bits per heavy atom. The molecule has 170 valence electrons. The molecule has 0 saturated heterocycles. The average molecular weight is 439 g/mol. The fraction of sp³-hybridized carbons (Fsp3) is 0.391. The van der Waals surface area contributed by atoms with Crippen LogP contribution in [0.2, 0.25) is 0 Å². The van der Waals surface area contributed by atoms with Crippen LogP contribution >= 0.6 is 0 Å². The number of alkyl halides is 3. The molecule has 31 heavy (non-hydrogen) atoms. The molecule has 0 unspecified atom stereocenters. The summed E-state index contributed by atoms with van der Waals surface area (Å²) >= 11 is 0. The minimum atomic E-state index is -4.52. The Labute approximate surface area is 181 Å². The lowest BCUT2D eigenvalue weighted by atomic mass is 10.1. The summed E-state index contributed by atoms with van der Waals surface area (Å²) in [5, 5.41) is 2.60. The lowest BCUT2D eigenvalue weighted by Gasteiger charge is -2.10. The molecule has 1 aromatic heterocycles. The van der Waals surface area contributed by atoms with E-state index in [2.05, 4.69) is 16.2 Å². The first-order valence-electron chi connectivity index (χ1n) is 9.92. The van der Waals surface area contributed by atoms with Crippen LogP contribution in [0.25, 0.3) is 6.08 Å². The number of rotatable bonds is 8. The number of allylic oxidation sites excluding steroid dienone is 2. The van der Waals surface area contributed by atoms with E-state index in [1.54, 1.807) is 0 Å². The number of amides is 1. The van der Waals surface area contributed by atoms with Crippen LogP contribution in [0.5, 0.6) is 0 Å². The van der Waals surface area contributed by atoms with Gasteiger partial charge in [0.25, 0.3) is 0 Å². The van der Waals surface area contributed by atoms with Gasteiger partial charge in [-0.25, -0.2) is 9.37 Å². The fourth-order valence-electron chi connectivity index (χ4n) is 2.33. The van der Waals surface area contributed by atoms with E-state index in [-0.39, 0.29) is 23.5 Å². The highest BCUT2D eigenvalue weighted by Crippen LogP contribution is 2.28.